The second-order valence-corrected chi connectivity index (χ2v) is 6.29. The Morgan fingerprint density at radius 3 is 2.95 bits per heavy atom. The van der Waals surface area contributed by atoms with Crippen molar-refractivity contribution in [3.05, 3.63) is 15.6 Å². The minimum Gasteiger partial charge on any atom is -0.394 e. The van der Waals surface area contributed by atoms with E-state index in [0.29, 0.717) is 6.54 Å². The average Bonchev–Trinajstić information content (AvgIpc) is 2.87. The second-order valence-electron chi connectivity index (χ2n) is 5.12. The maximum atomic E-state index is 11.6. The van der Waals surface area contributed by atoms with Gasteiger partial charge in [-0.25, -0.2) is 9.78 Å². The van der Waals surface area contributed by atoms with Crippen molar-refractivity contribution in [3.8, 4) is 0 Å². The molecule has 112 valence electrons. The zero-order chi connectivity index (χ0) is 14.4. The van der Waals surface area contributed by atoms with Crippen molar-refractivity contribution in [2.75, 3.05) is 13.2 Å². The molecule has 0 saturated carbocycles. The van der Waals surface area contributed by atoms with Gasteiger partial charge in [0.2, 0.25) is 0 Å². The zero-order valence-electron chi connectivity index (χ0n) is 11.9. The highest BCUT2D eigenvalue weighted by Crippen LogP contribution is 2.26. The number of urea groups is 1. The fraction of sp³-hybridized carbons (Fsp3) is 0.714. The highest BCUT2D eigenvalue weighted by molar-refractivity contribution is 7.11. The fourth-order valence-electron chi connectivity index (χ4n) is 2.31. The van der Waals surface area contributed by atoms with Gasteiger partial charge in [-0.1, -0.05) is 6.92 Å². The van der Waals surface area contributed by atoms with E-state index in [4.69, 9.17) is 5.11 Å². The smallest absolute Gasteiger partial charge is 0.315 e. The highest BCUT2D eigenvalue weighted by atomic mass is 32.1. The van der Waals surface area contributed by atoms with Crippen molar-refractivity contribution in [2.45, 2.75) is 51.5 Å². The summed E-state index contributed by atoms with van der Waals surface area (Å²) < 4.78 is 0. The van der Waals surface area contributed by atoms with E-state index in [1.54, 1.807) is 11.3 Å². The molecule has 1 aliphatic carbocycles. The Morgan fingerprint density at radius 2 is 2.25 bits per heavy atom. The molecular formula is C14H23N3O2S. The predicted molar refractivity (Wildman–Crippen MR) is 80.2 cm³/mol. The maximum Gasteiger partial charge on any atom is 0.315 e. The van der Waals surface area contributed by atoms with Crippen LogP contribution in [-0.2, 0) is 19.3 Å². The van der Waals surface area contributed by atoms with Gasteiger partial charge in [-0.15, -0.1) is 11.3 Å². The molecular weight excluding hydrogens is 274 g/mol. The molecule has 0 spiro atoms. The minimum atomic E-state index is -0.216. The van der Waals surface area contributed by atoms with Crippen molar-refractivity contribution >= 4 is 17.4 Å². The molecule has 2 amide bonds. The van der Waals surface area contributed by atoms with Gasteiger partial charge in [0.1, 0.15) is 0 Å². The lowest BCUT2D eigenvalue weighted by Gasteiger charge is -2.14. The van der Waals surface area contributed by atoms with Crippen LogP contribution in [0.2, 0.25) is 0 Å². The standard InChI is InChI=1S/C14H23N3O2S/c1-2-10(9-18)16-14(19)15-8-7-13-17-11-5-3-4-6-12(11)20-13/h10,18H,2-9H2,1H3,(H2,15,16,19). The van der Waals surface area contributed by atoms with Gasteiger partial charge in [-0.3, -0.25) is 0 Å². The number of carbonyl (C=O) groups is 1. The van der Waals surface area contributed by atoms with Gasteiger partial charge < -0.3 is 15.7 Å². The molecule has 1 atom stereocenters. The molecule has 5 nitrogen and oxygen atoms in total. The molecule has 1 aromatic rings. The van der Waals surface area contributed by atoms with E-state index in [9.17, 15) is 4.79 Å². The summed E-state index contributed by atoms with van der Waals surface area (Å²) in [5, 5.41) is 15.7. The predicted octanol–water partition coefficient (Wildman–Crippen LogP) is 1.63. The van der Waals surface area contributed by atoms with Crippen molar-refractivity contribution in [2.24, 2.45) is 0 Å². The molecule has 20 heavy (non-hydrogen) atoms. The Kier molecular flexibility index (Phi) is 5.79. The van der Waals surface area contributed by atoms with Gasteiger partial charge in [0.05, 0.1) is 23.4 Å². The van der Waals surface area contributed by atoms with E-state index in [-0.39, 0.29) is 18.7 Å². The van der Waals surface area contributed by atoms with Crippen LogP contribution in [0.4, 0.5) is 4.79 Å². The summed E-state index contributed by atoms with van der Waals surface area (Å²) in [6.45, 7) is 2.49. The lowest BCUT2D eigenvalue weighted by atomic mass is 10.0. The van der Waals surface area contributed by atoms with Crippen LogP contribution in [0.25, 0.3) is 0 Å². The topological polar surface area (TPSA) is 74.2 Å². The third kappa shape index (κ3) is 4.18. The van der Waals surface area contributed by atoms with E-state index >= 15 is 0 Å². The quantitative estimate of drug-likeness (QED) is 0.747. The zero-order valence-corrected chi connectivity index (χ0v) is 12.8. The molecule has 0 radical (unpaired) electrons. The lowest BCUT2D eigenvalue weighted by Crippen LogP contribution is -2.44. The molecule has 6 heteroatoms. The first kappa shape index (κ1) is 15.3. The lowest BCUT2D eigenvalue weighted by molar-refractivity contribution is 0.214. The molecule has 0 bridgehead atoms. The van der Waals surface area contributed by atoms with Gasteiger partial charge in [-0.2, -0.15) is 0 Å². The number of hydrogen-bond acceptors (Lipinski definition) is 4. The van der Waals surface area contributed by atoms with Crippen molar-refractivity contribution in [1.29, 1.82) is 0 Å². The Balaban J connectivity index is 1.72. The number of nitrogens with one attached hydrogen (secondary N) is 2. The number of thiazole rings is 1. The molecule has 2 rings (SSSR count). The summed E-state index contributed by atoms with van der Waals surface area (Å²) >= 11 is 1.79. The van der Waals surface area contributed by atoms with E-state index in [2.05, 4.69) is 15.6 Å². The number of hydrogen-bond donors (Lipinski definition) is 3. The largest absolute Gasteiger partial charge is 0.394 e. The van der Waals surface area contributed by atoms with Crippen LogP contribution in [0.5, 0.6) is 0 Å². The minimum absolute atomic E-state index is 0.0247. The molecule has 1 heterocycles. The molecule has 0 fully saturated rings. The Morgan fingerprint density at radius 1 is 1.45 bits per heavy atom. The molecule has 1 aliphatic rings. The van der Waals surface area contributed by atoms with Crippen LogP contribution in [0, 0.1) is 0 Å². The normalized spacial score (nSPS) is 15.5. The summed E-state index contributed by atoms with van der Waals surface area (Å²) in [5.41, 5.74) is 1.27. The van der Waals surface area contributed by atoms with Crippen LogP contribution >= 0.6 is 11.3 Å². The van der Waals surface area contributed by atoms with Crippen LogP contribution in [0.1, 0.15) is 41.8 Å². The van der Waals surface area contributed by atoms with Crippen molar-refractivity contribution in [3.63, 3.8) is 0 Å². The van der Waals surface area contributed by atoms with Crippen LogP contribution < -0.4 is 10.6 Å². The van der Waals surface area contributed by atoms with E-state index < -0.39 is 0 Å². The number of fused-ring (bicyclic) bond motifs is 1. The molecule has 1 aromatic heterocycles. The molecule has 0 aromatic carbocycles. The number of aliphatic hydroxyl groups is 1. The first-order valence-electron chi connectivity index (χ1n) is 7.35. The van der Waals surface area contributed by atoms with Crippen molar-refractivity contribution in [1.82, 2.24) is 15.6 Å². The SMILES string of the molecule is CCC(CO)NC(=O)NCCc1nc2c(s1)CCCC2. The van der Waals surface area contributed by atoms with E-state index in [1.165, 1.54) is 23.4 Å². The summed E-state index contributed by atoms with van der Waals surface area (Å²) in [6.07, 6.45) is 6.29. The summed E-state index contributed by atoms with van der Waals surface area (Å²) in [5.74, 6) is 0. The number of carbonyl (C=O) groups excluding carboxylic acids is 1. The third-order valence-electron chi connectivity index (χ3n) is 3.56. The van der Waals surface area contributed by atoms with Crippen LogP contribution in [0.3, 0.4) is 0 Å². The number of aryl methyl sites for hydroxylation is 2. The van der Waals surface area contributed by atoms with Gasteiger partial charge in [0, 0.05) is 17.8 Å². The Bertz CT molecular complexity index is 420. The average molecular weight is 297 g/mol. The summed E-state index contributed by atoms with van der Waals surface area (Å²) in [6, 6.07) is -0.380. The first-order chi connectivity index (χ1) is 9.72. The molecule has 3 N–H and O–H groups in total. The number of nitrogens with zero attached hydrogens (tertiary/aromatic N) is 1. The molecule has 0 saturated heterocycles. The van der Waals surface area contributed by atoms with E-state index in [0.717, 1.165) is 30.7 Å². The third-order valence-corrected chi connectivity index (χ3v) is 4.78. The molecule has 0 aliphatic heterocycles. The Labute approximate surface area is 123 Å². The van der Waals surface area contributed by atoms with Crippen LogP contribution in [-0.4, -0.2) is 35.3 Å². The summed E-state index contributed by atoms with van der Waals surface area (Å²) in [7, 11) is 0. The summed E-state index contributed by atoms with van der Waals surface area (Å²) in [4.78, 5) is 17.7. The molecule has 1 unspecified atom stereocenters. The van der Waals surface area contributed by atoms with Crippen molar-refractivity contribution < 1.29 is 9.90 Å². The van der Waals surface area contributed by atoms with E-state index in [1.807, 2.05) is 6.92 Å². The maximum absolute atomic E-state index is 11.6. The fourth-order valence-corrected chi connectivity index (χ4v) is 3.46. The van der Waals surface area contributed by atoms with Gasteiger partial charge in [-0.05, 0) is 32.1 Å². The van der Waals surface area contributed by atoms with Crippen LogP contribution in [0.15, 0.2) is 0 Å². The number of aromatic nitrogens is 1. The highest BCUT2D eigenvalue weighted by Gasteiger charge is 2.15. The monoisotopic (exact) mass is 297 g/mol. The van der Waals surface area contributed by atoms with Gasteiger partial charge in [0.15, 0.2) is 0 Å². The second kappa shape index (κ2) is 7.59. The first-order valence-corrected chi connectivity index (χ1v) is 8.17. The van der Waals surface area contributed by atoms with Gasteiger partial charge in [0.25, 0.3) is 0 Å². The number of amides is 2. The Hall–Kier alpha value is -1.14. The van der Waals surface area contributed by atoms with Gasteiger partial charge >= 0.3 is 6.03 Å². The number of rotatable bonds is 6. The number of aliphatic hydroxyl groups excluding tert-OH is 1.